The normalized spacial score (nSPS) is 17.5. The fourth-order valence-corrected chi connectivity index (χ4v) is 4.98. The van der Waals surface area contributed by atoms with Gasteiger partial charge in [-0.2, -0.15) is 11.8 Å². The van der Waals surface area contributed by atoms with E-state index in [0.29, 0.717) is 13.2 Å². The predicted molar refractivity (Wildman–Crippen MR) is 126 cm³/mol. The van der Waals surface area contributed by atoms with Crippen LogP contribution in [0.4, 0.5) is 11.6 Å². The van der Waals surface area contributed by atoms with E-state index in [4.69, 9.17) is 4.74 Å². The zero-order valence-electron chi connectivity index (χ0n) is 18.1. The molecular formula is C23H31N5O2S. The Balaban J connectivity index is 1.26. The fourth-order valence-electron chi connectivity index (χ4n) is 4.08. The van der Waals surface area contributed by atoms with Gasteiger partial charge in [-0.1, -0.05) is 18.2 Å². The smallest absolute Gasteiger partial charge is 0.225 e. The molecule has 2 fully saturated rings. The maximum absolute atomic E-state index is 12.7. The third kappa shape index (κ3) is 5.61. The highest BCUT2D eigenvalue weighted by atomic mass is 32.2. The number of benzene rings is 1. The van der Waals surface area contributed by atoms with E-state index in [1.165, 1.54) is 0 Å². The topological polar surface area (TPSA) is 70.6 Å². The van der Waals surface area contributed by atoms with Gasteiger partial charge in [0.15, 0.2) is 0 Å². The van der Waals surface area contributed by atoms with Crippen molar-refractivity contribution in [2.75, 3.05) is 54.1 Å². The zero-order valence-corrected chi connectivity index (χ0v) is 18.9. The minimum atomic E-state index is 0.0431. The van der Waals surface area contributed by atoms with E-state index in [-0.39, 0.29) is 11.8 Å². The van der Waals surface area contributed by atoms with Gasteiger partial charge < -0.3 is 19.9 Å². The number of aromatic nitrogens is 2. The highest BCUT2D eigenvalue weighted by molar-refractivity contribution is 7.99. The number of nitrogens with one attached hydrogen (secondary N) is 1. The lowest BCUT2D eigenvalue weighted by Crippen LogP contribution is -2.40. The van der Waals surface area contributed by atoms with Crippen LogP contribution in [-0.2, 0) is 11.3 Å². The molecule has 7 nitrogen and oxygen atoms in total. The second-order valence-electron chi connectivity index (χ2n) is 7.86. The molecule has 2 aliphatic heterocycles. The van der Waals surface area contributed by atoms with Gasteiger partial charge in [0.05, 0.1) is 24.7 Å². The molecule has 0 radical (unpaired) electrons. The average Bonchev–Trinajstić information content (AvgIpc) is 2.84. The molecule has 8 heteroatoms. The molecule has 0 unspecified atom stereocenters. The molecule has 0 atom stereocenters. The van der Waals surface area contributed by atoms with Crippen LogP contribution < -0.4 is 19.9 Å². The maximum atomic E-state index is 12.7. The first kappa shape index (κ1) is 21.7. The summed E-state index contributed by atoms with van der Waals surface area (Å²) in [7, 11) is 0. The van der Waals surface area contributed by atoms with Crippen LogP contribution in [0.5, 0.6) is 5.75 Å². The van der Waals surface area contributed by atoms with Crippen molar-refractivity contribution in [1.82, 2.24) is 15.3 Å². The Hall–Kier alpha value is -2.48. The molecule has 0 bridgehead atoms. The number of carbonyl (C=O) groups excluding carboxylic acids is 1. The lowest BCUT2D eigenvalue weighted by Gasteiger charge is -2.33. The summed E-state index contributed by atoms with van der Waals surface area (Å²) in [4.78, 5) is 26.4. The number of amides is 1. The summed E-state index contributed by atoms with van der Waals surface area (Å²) in [6.07, 6.45) is 5.53. The fraction of sp³-hybridized carbons (Fsp3) is 0.522. The van der Waals surface area contributed by atoms with Gasteiger partial charge in [-0.15, -0.1) is 0 Å². The number of hydrogen-bond donors (Lipinski definition) is 1. The Morgan fingerprint density at radius 2 is 1.81 bits per heavy atom. The van der Waals surface area contributed by atoms with Crippen molar-refractivity contribution >= 4 is 29.3 Å². The molecule has 0 saturated carbocycles. The summed E-state index contributed by atoms with van der Waals surface area (Å²) in [6.45, 7) is 6.80. The number of rotatable bonds is 7. The number of nitrogens with zero attached hydrogens (tertiary/aromatic N) is 4. The van der Waals surface area contributed by atoms with Crippen molar-refractivity contribution in [2.24, 2.45) is 5.92 Å². The minimum Gasteiger partial charge on any atom is -0.494 e. The molecule has 1 aromatic carbocycles. The third-order valence-corrected chi connectivity index (χ3v) is 6.82. The number of carbonyl (C=O) groups is 1. The van der Waals surface area contributed by atoms with E-state index in [1.807, 2.05) is 55.3 Å². The number of para-hydroxylation sites is 1. The van der Waals surface area contributed by atoms with Gasteiger partial charge >= 0.3 is 0 Å². The van der Waals surface area contributed by atoms with Crippen molar-refractivity contribution < 1.29 is 9.53 Å². The lowest BCUT2D eigenvalue weighted by molar-refractivity contribution is -0.125. The van der Waals surface area contributed by atoms with Gasteiger partial charge in [0.1, 0.15) is 5.75 Å². The monoisotopic (exact) mass is 441 g/mol. The highest BCUT2D eigenvalue weighted by Gasteiger charge is 2.25. The Labute approximate surface area is 188 Å². The van der Waals surface area contributed by atoms with Gasteiger partial charge in [0.2, 0.25) is 11.9 Å². The molecule has 2 saturated heterocycles. The molecule has 0 spiro atoms. The zero-order chi connectivity index (χ0) is 21.5. The summed E-state index contributed by atoms with van der Waals surface area (Å²) >= 11 is 1.98. The van der Waals surface area contributed by atoms with Gasteiger partial charge in [0.25, 0.3) is 0 Å². The van der Waals surface area contributed by atoms with Crippen molar-refractivity contribution in [1.29, 1.82) is 0 Å². The van der Waals surface area contributed by atoms with E-state index >= 15 is 0 Å². The summed E-state index contributed by atoms with van der Waals surface area (Å²) in [5, 5.41) is 3.10. The molecule has 2 aliphatic rings. The highest BCUT2D eigenvalue weighted by Crippen LogP contribution is 2.24. The largest absolute Gasteiger partial charge is 0.494 e. The molecule has 1 aromatic heterocycles. The van der Waals surface area contributed by atoms with Gasteiger partial charge in [0, 0.05) is 55.7 Å². The second kappa shape index (κ2) is 10.7. The molecule has 1 amide bonds. The number of thioether (sulfide) groups is 1. The van der Waals surface area contributed by atoms with Crippen LogP contribution >= 0.6 is 11.8 Å². The van der Waals surface area contributed by atoms with Crippen LogP contribution in [0.1, 0.15) is 25.3 Å². The molecule has 2 aromatic rings. The summed E-state index contributed by atoms with van der Waals surface area (Å²) in [5.74, 6) is 4.11. The minimum absolute atomic E-state index is 0.0431. The first-order valence-corrected chi connectivity index (χ1v) is 12.3. The van der Waals surface area contributed by atoms with Crippen LogP contribution in [0.15, 0.2) is 36.7 Å². The predicted octanol–water partition coefficient (Wildman–Crippen LogP) is 2.96. The van der Waals surface area contributed by atoms with E-state index in [0.717, 1.165) is 73.5 Å². The molecule has 1 N–H and O–H groups in total. The molecule has 3 heterocycles. The quantitative estimate of drug-likeness (QED) is 0.708. The average molecular weight is 442 g/mol. The van der Waals surface area contributed by atoms with Crippen LogP contribution in [-0.4, -0.2) is 60.2 Å². The molecular weight excluding hydrogens is 410 g/mol. The standard InChI is InChI=1S/C23H31N5O2S/c1-2-30-21-6-4-3-5-19(21)15-24-22(29)18-7-9-27(10-8-18)20-16-25-23(26-17-20)28-11-13-31-14-12-28/h3-6,16-18H,2,7-15H2,1H3,(H,24,29). The van der Waals surface area contributed by atoms with E-state index in [1.54, 1.807) is 0 Å². The van der Waals surface area contributed by atoms with Crippen LogP contribution in [0.25, 0.3) is 0 Å². The molecule has 31 heavy (non-hydrogen) atoms. The SMILES string of the molecule is CCOc1ccccc1CNC(=O)C1CCN(c2cnc(N3CCSCC3)nc2)CC1. The van der Waals surface area contributed by atoms with Crippen LogP contribution in [0.3, 0.4) is 0 Å². The molecule has 0 aliphatic carbocycles. The molecule has 4 rings (SSSR count). The number of ether oxygens (including phenoxy) is 1. The van der Waals surface area contributed by atoms with E-state index in [2.05, 4.69) is 25.1 Å². The third-order valence-electron chi connectivity index (χ3n) is 5.87. The van der Waals surface area contributed by atoms with Crippen molar-refractivity contribution in [3.05, 3.63) is 42.2 Å². The van der Waals surface area contributed by atoms with Crippen molar-refractivity contribution in [3.63, 3.8) is 0 Å². The number of piperidine rings is 1. The first-order valence-electron chi connectivity index (χ1n) is 11.1. The first-order chi connectivity index (χ1) is 15.2. The van der Waals surface area contributed by atoms with Crippen LogP contribution in [0, 0.1) is 5.92 Å². The lowest BCUT2D eigenvalue weighted by atomic mass is 9.95. The summed E-state index contributed by atoms with van der Waals surface area (Å²) in [5.41, 5.74) is 2.05. The van der Waals surface area contributed by atoms with Crippen molar-refractivity contribution in [2.45, 2.75) is 26.3 Å². The van der Waals surface area contributed by atoms with Gasteiger partial charge in [-0.25, -0.2) is 9.97 Å². The maximum Gasteiger partial charge on any atom is 0.225 e. The second-order valence-corrected chi connectivity index (χ2v) is 9.09. The number of anilines is 2. The summed E-state index contributed by atoms with van der Waals surface area (Å²) < 4.78 is 5.65. The van der Waals surface area contributed by atoms with E-state index < -0.39 is 0 Å². The number of hydrogen-bond acceptors (Lipinski definition) is 7. The Bertz CT molecular complexity index is 849. The Kier molecular flexibility index (Phi) is 7.51. The van der Waals surface area contributed by atoms with Gasteiger partial charge in [-0.05, 0) is 25.8 Å². The summed E-state index contributed by atoms with van der Waals surface area (Å²) in [6, 6.07) is 7.87. The van der Waals surface area contributed by atoms with Crippen molar-refractivity contribution in [3.8, 4) is 5.75 Å². The Morgan fingerprint density at radius 1 is 1.10 bits per heavy atom. The Morgan fingerprint density at radius 3 is 2.52 bits per heavy atom. The molecule has 166 valence electrons. The van der Waals surface area contributed by atoms with E-state index in [9.17, 15) is 4.79 Å². The van der Waals surface area contributed by atoms with Gasteiger partial charge in [-0.3, -0.25) is 4.79 Å². The van der Waals surface area contributed by atoms with Crippen LogP contribution in [0.2, 0.25) is 0 Å².